The summed E-state index contributed by atoms with van der Waals surface area (Å²) in [5.41, 5.74) is 6.41. The van der Waals surface area contributed by atoms with E-state index in [0.29, 0.717) is 18.7 Å². The van der Waals surface area contributed by atoms with Crippen LogP contribution in [0.1, 0.15) is 57.4 Å². The van der Waals surface area contributed by atoms with Gasteiger partial charge in [0.25, 0.3) is 0 Å². The van der Waals surface area contributed by atoms with Crippen LogP contribution in [0.15, 0.2) is 66.7 Å². The number of ether oxygens (including phenoxy) is 1. The third-order valence-electron chi connectivity index (χ3n) is 7.61. The summed E-state index contributed by atoms with van der Waals surface area (Å²) >= 11 is 0. The van der Waals surface area contributed by atoms with E-state index >= 15 is 0 Å². The first-order valence-electron chi connectivity index (χ1n) is 13.0. The largest absolute Gasteiger partial charge is 0.508 e. The summed E-state index contributed by atoms with van der Waals surface area (Å²) < 4.78 is 8.84. The van der Waals surface area contributed by atoms with Crippen molar-refractivity contribution < 1.29 is 14.9 Å². The third-order valence-corrected chi connectivity index (χ3v) is 7.61. The maximum Gasteiger partial charge on any atom is 0.162 e. The van der Waals surface area contributed by atoms with Gasteiger partial charge < -0.3 is 24.4 Å². The Hall–Kier alpha value is -3.44. The minimum atomic E-state index is -0.364. The van der Waals surface area contributed by atoms with E-state index in [1.165, 1.54) is 24.9 Å². The van der Waals surface area contributed by atoms with Gasteiger partial charge in [-0.2, -0.15) is 0 Å². The zero-order valence-electron chi connectivity index (χ0n) is 21.6. The molecule has 1 aromatic heterocycles. The lowest BCUT2D eigenvalue weighted by Crippen LogP contribution is -2.44. The predicted molar refractivity (Wildman–Crippen MR) is 147 cm³/mol. The van der Waals surface area contributed by atoms with E-state index in [1.807, 2.05) is 31.2 Å². The number of para-hydroxylation sites is 1. The quantitative estimate of drug-likeness (QED) is 0.300. The van der Waals surface area contributed by atoms with E-state index in [0.717, 1.165) is 33.3 Å². The highest BCUT2D eigenvalue weighted by Gasteiger charge is 2.31. The van der Waals surface area contributed by atoms with Crippen LogP contribution >= 0.6 is 0 Å². The fourth-order valence-electron chi connectivity index (χ4n) is 5.97. The highest BCUT2D eigenvalue weighted by molar-refractivity contribution is 5.93. The van der Waals surface area contributed by atoms with Crippen molar-refractivity contribution in [3.05, 3.63) is 77.9 Å². The topological polar surface area (TPSA) is 57.9 Å². The minimum absolute atomic E-state index is 0.233. The lowest BCUT2D eigenvalue weighted by Gasteiger charge is -2.42. The van der Waals surface area contributed by atoms with Crippen LogP contribution in [0.3, 0.4) is 0 Å². The molecule has 188 valence electrons. The standard InChI is InChI=1S/C31H36N2O3/c1-5-36-31(26-11-6-7-12-28(26)32-20(2)9-8-10-21(32)3)33-29-18-17-25(35)19-27(29)22(4)30(33)23-13-15-24(34)16-14-23/h6-7,11-21,31,34-35H,5,8-10H2,1-4H3/t20-,21+,31?. The van der Waals surface area contributed by atoms with Gasteiger partial charge in [-0.1, -0.05) is 18.2 Å². The number of aromatic nitrogens is 1. The molecule has 36 heavy (non-hydrogen) atoms. The van der Waals surface area contributed by atoms with Gasteiger partial charge >= 0.3 is 0 Å². The van der Waals surface area contributed by atoms with E-state index in [2.05, 4.69) is 54.5 Å². The lowest BCUT2D eigenvalue weighted by atomic mass is 9.95. The van der Waals surface area contributed by atoms with Gasteiger partial charge in [-0.15, -0.1) is 0 Å². The Balaban J connectivity index is 1.78. The molecule has 0 radical (unpaired) electrons. The molecule has 1 fully saturated rings. The molecule has 2 N–H and O–H groups in total. The number of nitrogens with zero attached hydrogens (tertiary/aromatic N) is 2. The van der Waals surface area contributed by atoms with Crippen LogP contribution in [-0.4, -0.2) is 33.5 Å². The Morgan fingerprint density at radius 2 is 1.58 bits per heavy atom. The summed E-state index contributed by atoms with van der Waals surface area (Å²) in [6.07, 6.45) is 3.26. The normalized spacial score (nSPS) is 19.1. The van der Waals surface area contributed by atoms with Crippen molar-refractivity contribution in [1.82, 2.24) is 4.57 Å². The second-order valence-electron chi connectivity index (χ2n) is 9.99. The Labute approximate surface area is 213 Å². The molecule has 4 aromatic rings. The number of phenols is 2. The molecule has 5 heteroatoms. The van der Waals surface area contributed by atoms with Gasteiger partial charge in [-0.3, -0.25) is 0 Å². The molecule has 0 aliphatic carbocycles. The number of hydrogen-bond acceptors (Lipinski definition) is 4. The Morgan fingerprint density at radius 3 is 2.28 bits per heavy atom. The average molecular weight is 485 g/mol. The van der Waals surface area contributed by atoms with Gasteiger partial charge in [0, 0.05) is 35.3 Å². The summed E-state index contributed by atoms with van der Waals surface area (Å²) in [5, 5.41) is 21.2. The molecule has 1 saturated heterocycles. The van der Waals surface area contributed by atoms with Crippen LogP contribution in [0.5, 0.6) is 11.5 Å². The van der Waals surface area contributed by atoms with Gasteiger partial charge in [-0.05, 0) is 107 Å². The number of piperidine rings is 1. The predicted octanol–water partition coefficient (Wildman–Crippen LogP) is 7.38. The summed E-state index contributed by atoms with van der Waals surface area (Å²) in [6, 6.07) is 22.4. The van der Waals surface area contributed by atoms with E-state index in [-0.39, 0.29) is 17.7 Å². The van der Waals surface area contributed by atoms with E-state index in [4.69, 9.17) is 4.74 Å². The van der Waals surface area contributed by atoms with Crippen molar-refractivity contribution in [2.75, 3.05) is 11.5 Å². The number of anilines is 1. The highest BCUT2D eigenvalue weighted by Crippen LogP contribution is 2.43. The molecule has 0 bridgehead atoms. The van der Waals surface area contributed by atoms with E-state index in [9.17, 15) is 10.2 Å². The molecule has 5 rings (SSSR count). The molecule has 3 atom stereocenters. The fourth-order valence-corrected chi connectivity index (χ4v) is 5.97. The number of benzene rings is 3. The number of phenolic OH excluding ortho intramolecular Hbond substituents is 2. The Bertz CT molecular complexity index is 1350. The first-order valence-corrected chi connectivity index (χ1v) is 13.0. The summed E-state index contributed by atoms with van der Waals surface area (Å²) in [7, 11) is 0. The molecule has 3 aromatic carbocycles. The first kappa shape index (κ1) is 24.3. The van der Waals surface area contributed by atoms with Crippen LogP contribution in [0.25, 0.3) is 22.2 Å². The van der Waals surface area contributed by atoms with Crippen molar-refractivity contribution in [3.63, 3.8) is 0 Å². The maximum absolute atomic E-state index is 10.3. The van der Waals surface area contributed by atoms with Crippen LogP contribution < -0.4 is 4.90 Å². The van der Waals surface area contributed by atoms with Crippen LogP contribution in [0.4, 0.5) is 5.69 Å². The molecule has 0 saturated carbocycles. The molecule has 2 heterocycles. The third kappa shape index (κ3) is 4.22. The highest BCUT2D eigenvalue weighted by atomic mass is 16.5. The molecule has 0 spiro atoms. The van der Waals surface area contributed by atoms with E-state index in [1.54, 1.807) is 18.2 Å². The van der Waals surface area contributed by atoms with Gasteiger partial charge in [0.05, 0.1) is 11.2 Å². The number of hydrogen-bond donors (Lipinski definition) is 2. The van der Waals surface area contributed by atoms with Crippen molar-refractivity contribution in [2.24, 2.45) is 0 Å². The monoisotopic (exact) mass is 484 g/mol. The van der Waals surface area contributed by atoms with Gasteiger partial charge in [0.15, 0.2) is 6.23 Å². The Morgan fingerprint density at radius 1 is 0.917 bits per heavy atom. The molecule has 5 nitrogen and oxygen atoms in total. The average Bonchev–Trinajstić information content (AvgIpc) is 3.15. The van der Waals surface area contributed by atoms with Crippen molar-refractivity contribution in [1.29, 1.82) is 0 Å². The van der Waals surface area contributed by atoms with Gasteiger partial charge in [0.2, 0.25) is 0 Å². The van der Waals surface area contributed by atoms with Gasteiger partial charge in [-0.25, -0.2) is 0 Å². The van der Waals surface area contributed by atoms with Gasteiger partial charge in [0.1, 0.15) is 11.5 Å². The second kappa shape index (κ2) is 9.90. The molecule has 0 amide bonds. The van der Waals surface area contributed by atoms with Crippen molar-refractivity contribution in [2.45, 2.75) is 65.3 Å². The maximum atomic E-state index is 10.3. The molecule has 1 aliphatic heterocycles. The molecular formula is C31H36N2O3. The smallest absolute Gasteiger partial charge is 0.162 e. The number of rotatable bonds is 6. The summed E-state index contributed by atoms with van der Waals surface area (Å²) in [5.74, 6) is 0.473. The summed E-state index contributed by atoms with van der Waals surface area (Å²) in [4.78, 5) is 2.56. The van der Waals surface area contributed by atoms with Crippen LogP contribution in [0, 0.1) is 6.92 Å². The summed E-state index contributed by atoms with van der Waals surface area (Å²) in [6.45, 7) is 9.32. The molecular weight excluding hydrogens is 448 g/mol. The molecule has 1 aliphatic rings. The number of fused-ring (bicyclic) bond motifs is 1. The number of aromatic hydroxyl groups is 2. The second-order valence-corrected chi connectivity index (χ2v) is 9.99. The van der Waals surface area contributed by atoms with E-state index < -0.39 is 0 Å². The zero-order valence-corrected chi connectivity index (χ0v) is 21.6. The SMILES string of the molecule is CCOC(c1ccccc1N1[C@H](C)CCC[C@@H]1C)n1c(-c2ccc(O)cc2)c(C)c2cc(O)ccc21. The minimum Gasteiger partial charge on any atom is -0.508 e. The van der Waals surface area contributed by atoms with Crippen molar-refractivity contribution >= 4 is 16.6 Å². The molecule has 1 unspecified atom stereocenters. The lowest BCUT2D eigenvalue weighted by molar-refractivity contribution is 0.0454. The Kier molecular flexibility index (Phi) is 6.67. The van der Waals surface area contributed by atoms with Crippen LogP contribution in [0.2, 0.25) is 0 Å². The van der Waals surface area contributed by atoms with Crippen LogP contribution in [-0.2, 0) is 4.74 Å². The van der Waals surface area contributed by atoms with Crippen molar-refractivity contribution in [3.8, 4) is 22.8 Å². The zero-order chi connectivity index (χ0) is 25.4. The number of aryl methyl sites for hydroxylation is 1. The first-order chi connectivity index (χ1) is 17.4. The fraction of sp³-hybridized carbons (Fsp3) is 0.355.